The van der Waals surface area contributed by atoms with Gasteiger partial charge in [0.1, 0.15) is 4.60 Å². The van der Waals surface area contributed by atoms with Gasteiger partial charge >= 0.3 is 0 Å². The second-order valence-corrected chi connectivity index (χ2v) is 4.58. The molecule has 1 aromatic heterocycles. The Bertz CT molecular complexity index is 643. The van der Waals surface area contributed by atoms with E-state index < -0.39 is 5.91 Å². The van der Waals surface area contributed by atoms with Gasteiger partial charge in [-0.15, -0.1) is 0 Å². The van der Waals surface area contributed by atoms with Crippen LogP contribution in [0, 0.1) is 0 Å². The lowest BCUT2D eigenvalue weighted by molar-refractivity contribution is 0.0996. The van der Waals surface area contributed by atoms with Crippen LogP contribution in [-0.2, 0) is 0 Å². The maximum Gasteiger partial charge on any atom is 0.255 e. The molecule has 2 amide bonds. The molecule has 0 bridgehead atoms. The standard InChI is InChI=1S/C13H10BrN3O2/c14-11-7-9(4-5-16-11)13(19)17-10-3-1-2-8(6-10)12(15)18/h1-7H,(H2,15,18)(H,17,19). The number of halogens is 1. The lowest BCUT2D eigenvalue weighted by Gasteiger charge is -2.06. The molecule has 0 saturated heterocycles. The number of amides is 2. The first-order valence-corrected chi connectivity index (χ1v) is 6.18. The fourth-order valence-electron chi connectivity index (χ4n) is 1.50. The maximum atomic E-state index is 12.0. The molecule has 96 valence electrons. The first-order valence-electron chi connectivity index (χ1n) is 5.39. The van der Waals surface area contributed by atoms with E-state index in [1.54, 1.807) is 30.3 Å². The van der Waals surface area contributed by atoms with E-state index in [9.17, 15) is 9.59 Å². The Labute approximate surface area is 118 Å². The van der Waals surface area contributed by atoms with Gasteiger partial charge in [-0.2, -0.15) is 0 Å². The first-order chi connectivity index (χ1) is 9.06. The van der Waals surface area contributed by atoms with Crippen molar-refractivity contribution in [1.82, 2.24) is 4.98 Å². The van der Waals surface area contributed by atoms with Gasteiger partial charge in [-0.25, -0.2) is 4.98 Å². The zero-order chi connectivity index (χ0) is 13.8. The Morgan fingerprint density at radius 1 is 1.16 bits per heavy atom. The summed E-state index contributed by atoms with van der Waals surface area (Å²) >= 11 is 3.19. The van der Waals surface area contributed by atoms with Gasteiger partial charge in [-0.3, -0.25) is 9.59 Å². The summed E-state index contributed by atoms with van der Waals surface area (Å²) in [7, 11) is 0. The smallest absolute Gasteiger partial charge is 0.255 e. The molecular weight excluding hydrogens is 310 g/mol. The van der Waals surface area contributed by atoms with Gasteiger partial charge in [-0.05, 0) is 46.3 Å². The summed E-state index contributed by atoms with van der Waals surface area (Å²) in [6.45, 7) is 0. The third kappa shape index (κ3) is 3.38. The van der Waals surface area contributed by atoms with Crippen molar-refractivity contribution in [2.45, 2.75) is 0 Å². The summed E-state index contributed by atoms with van der Waals surface area (Å²) in [5.41, 5.74) is 6.49. The van der Waals surface area contributed by atoms with Crippen molar-refractivity contribution in [3.8, 4) is 0 Å². The summed E-state index contributed by atoms with van der Waals surface area (Å²) in [5, 5.41) is 2.69. The molecule has 0 atom stereocenters. The number of carbonyl (C=O) groups is 2. The monoisotopic (exact) mass is 319 g/mol. The number of anilines is 1. The van der Waals surface area contributed by atoms with Crippen LogP contribution >= 0.6 is 15.9 Å². The van der Waals surface area contributed by atoms with Crippen molar-refractivity contribution in [1.29, 1.82) is 0 Å². The molecule has 5 nitrogen and oxygen atoms in total. The fraction of sp³-hybridized carbons (Fsp3) is 0. The second kappa shape index (κ2) is 5.62. The molecule has 0 aliphatic rings. The Kier molecular flexibility index (Phi) is 3.91. The van der Waals surface area contributed by atoms with Crippen LogP contribution in [0.5, 0.6) is 0 Å². The van der Waals surface area contributed by atoms with Gasteiger partial charge in [0.05, 0.1) is 0 Å². The number of hydrogen-bond donors (Lipinski definition) is 2. The average Bonchev–Trinajstić information content (AvgIpc) is 2.39. The van der Waals surface area contributed by atoms with E-state index in [0.717, 1.165) is 0 Å². The summed E-state index contributed by atoms with van der Waals surface area (Å²) in [6.07, 6.45) is 1.53. The second-order valence-electron chi connectivity index (χ2n) is 3.77. The summed E-state index contributed by atoms with van der Waals surface area (Å²) < 4.78 is 0.575. The van der Waals surface area contributed by atoms with E-state index in [2.05, 4.69) is 26.2 Å². The molecule has 19 heavy (non-hydrogen) atoms. The van der Waals surface area contributed by atoms with E-state index in [0.29, 0.717) is 21.4 Å². The van der Waals surface area contributed by atoms with Gasteiger partial charge in [-0.1, -0.05) is 6.07 Å². The van der Waals surface area contributed by atoms with Crippen LogP contribution in [0.4, 0.5) is 5.69 Å². The topological polar surface area (TPSA) is 85.1 Å². The SMILES string of the molecule is NC(=O)c1cccc(NC(=O)c2ccnc(Br)c2)c1. The van der Waals surface area contributed by atoms with Gasteiger partial charge in [0, 0.05) is 23.0 Å². The molecule has 0 saturated carbocycles. The first kappa shape index (κ1) is 13.2. The number of nitrogens with zero attached hydrogens (tertiary/aromatic N) is 1. The van der Waals surface area contributed by atoms with Crippen LogP contribution in [0.3, 0.4) is 0 Å². The van der Waals surface area contributed by atoms with Crippen molar-refractivity contribution in [2.75, 3.05) is 5.32 Å². The van der Waals surface area contributed by atoms with Crippen molar-refractivity contribution in [3.63, 3.8) is 0 Å². The highest BCUT2D eigenvalue weighted by Gasteiger charge is 2.08. The molecule has 0 fully saturated rings. The molecule has 0 aliphatic heterocycles. The van der Waals surface area contributed by atoms with Crippen molar-refractivity contribution < 1.29 is 9.59 Å². The van der Waals surface area contributed by atoms with E-state index in [4.69, 9.17) is 5.73 Å². The number of nitrogens with two attached hydrogens (primary N) is 1. The van der Waals surface area contributed by atoms with Crippen LogP contribution in [0.25, 0.3) is 0 Å². The molecule has 2 aromatic rings. The number of benzene rings is 1. The van der Waals surface area contributed by atoms with E-state index in [1.165, 1.54) is 12.3 Å². The van der Waals surface area contributed by atoms with E-state index in [-0.39, 0.29) is 5.91 Å². The van der Waals surface area contributed by atoms with Crippen LogP contribution in [-0.4, -0.2) is 16.8 Å². The summed E-state index contributed by atoms with van der Waals surface area (Å²) in [6, 6.07) is 9.64. The van der Waals surface area contributed by atoms with Gasteiger partial charge in [0.15, 0.2) is 0 Å². The Morgan fingerprint density at radius 3 is 2.63 bits per heavy atom. The van der Waals surface area contributed by atoms with Crippen LogP contribution in [0.2, 0.25) is 0 Å². The quantitative estimate of drug-likeness (QED) is 0.850. The van der Waals surface area contributed by atoms with Crippen LogP contribution < -0.4 is 11.1 Å². The highest BCUT2D eigenvalue weighted by Crippen LogP contribution is 2.13. The number of aromatic nitrogens is 1. The molecule has 0 aliphatic carbocycles. The highest BCUT2D eigenvalue weighted by atomic mass is 79.9. The Balaban J connectivity index is 2.19. The predicted octanol–water partition coefficient (Wildman–Crippen LogP) is 2.20. The van der Waals surface area contributed by atoms with E-state index >= 15 is 0 Å². The van der Waals surface area contributed by atoms with E-state index in [1.807, 2.05) is 0 Å². The highest BCUT2D eigenvalue weighted by molar-refractivity contribution is 9.10. The normalized spacial score (nSPS) is 9.95. The molecule has 2 rings (SSSR count). The minimum absolute atomic E-state index is 0.287. The molecular formula is C13H10BrN3O2. The third-order valence-corrected chi connectivity index (χ3v) is 2.83. The number of pyridine rings is 1. The predicted molar refractivity (Wildman–Crippen MR) is 74.9 cm³/mol. The third-order valence-electron chi connectivity index (χ3n) is 2.39. The average molecular weight is 320 g/mol. The van der Waals surface area contributed by atoms with Crippen molar-refractivity contribution >= 4 is 33.4 Å². The maximum absolute atomic E-state index is 12.0. The Morgan fingerprint density at radius 2 is 1.95 bits per heavy atom. The molecule has 0 spiro atoms. The molecule has 0 radical (unpaired) electrons. The minimum atomic E-state index is -0.539. The van der Waals surface area contributed by atoms with Crippen molar-refractivity contribution in [2.24, 2.45) is 5.73 Å². The number of primary amides is 1. The summed E-state index contributed by atoms with van der Waals surface area (Å²) in [4.78, 5) is 27.0. The molecule has 3 N–H and O–H groups in total. The summed E-state index contributed by atoms with van der Waals surface area (Å²) in [5.74, 6) is -0.826. The van der Waals surface area contributed by atoms with Gasteiger partial charge < -0.3 is 11.1 Å². The van der Waals surface area contributed by atoms with Gasteiger partial charge in [0.2, 0.25) is 5.91 Å². The molecule has 1 aromatic carbocycles. The Hall–Kier alpha value is -2.21. The molecule has 6 heteroatoms. The largest absolute Gasteiger partial charge is 0.366 e. The van der Waals surface area contributed by atoms with Crippen LogP contribution in [0.15, 0.2) is 47.2 Å². The minimum Gasteiger partial charge on any atom is -0.366 e. The number of rotatable bonds is 3. The fourth-order valence-corrected chi connectivity index (χ4v) is 1.86. The lowest BCUT2D eigenvalue weighted by atomic mass is 10.2. The number of hydrogen-bond acceptors (Lipinski definition) is 3. The molecule has 0 unspecified atom stereocenters. The lowest BCUT2D eigenvalue weighted by Crippen LogP contribution is -2.14. The van der Waals surface area contributed by atoms with Crippen LogP contribution in [0.1, 0.15) is 20.7 Å². The zero-order valence-electron chi connectivity index (χ0n) is 9.76. The molecule has 1 heterocycles. The zero-order valence-corrected chi connectivity index (χ0v) is 11.3. The number of carbonyl (C=O) groups excluding carboxylic acids is 2. The van der Waals surface area contributed by atoms with Crippen molar-refractivity contribution in [3.05, 3.63) is 58.3 Å². The van der Waals surface area contributed by atoms with Gasteiger partial charge in [0.25, 0.3) is 5.91 Å². The number of nitrogens with one attached hydrogen (secondary N) is 1.